The molecule has 1 fully saturated rings. The molecule has 1 aliphatic rings. The summed E-state index contributed by atoms with van der Waals surface area (Å²) in [5.74, 6) is 0.630. The fraction of sp³-hybridized carbons (Fsp3) is 0.368. The van der Waals surface area contributed by atoms with Gasteiger partial charge < -0.3 is 10.2 Å². The lowest BCUT2D eigenvalue weighted by Gasteiger charge is -2.31. The van der Waals surface area contributed by atoms with Gasteiger partial charge in [0.05, 0.1) is 11.3 Å². The molecule has 4 nitrogen and oxygen atoms in total. The van der Waals surface area contributed by atoms with Gasteiger partial charge in [0.2, 0.25) is 0 Å². The third-order valence-corrected chi connectivity index (χ3v) is 4.47. The summed E-state index contributed by atoms with van der Waals surface area (Å²) < 4.78 is 39.2. The van der Waals surface area contributed by atoms with E-state index >= 15 is 0 Å². The van der Waals surface area contributed by atoms with Crippen LogP contribution in [0.2, 0.25) is 0 Å². The lowest BCUT2D eigenvalue weighted by molar-refractivity contribution is -0.136. The van der Waals surface area contributed by atoms with Crippen LogP contribution < -0.4 is 10.2 Å². The van der Waals surface area contributed by atoms with Crippen LogP contribution in [0.5, 0.6) is 0 Å². The van der Waals surface area contributed by atoms with Crippen LogP contribution >= 0.6 is 0 Å². The quantitative estimate of drug-likeness (QED) is 0.868. The van der Waals surface area contributed by atoms with Crippen molar-refractivity contribution in [2.45, 2.75) is 25.9 Å². The first-order valence-corrected chi connectivity index (χ1v) is 8.53. The lowest BCUT2D eigenvalue weighted by atomic mass is 10.0. The van der Waals surface area contributed by atoms with Crippen molar-refractivity contribution in [2.75, 3.05) is 23.3 Å². The van der Waals surface area contributed by atoms with Crippen LogP contribution in [0.1, 0.15) is 35.7 Å². The highest BCUT2D eigenvalue weighted by Gasteiger charge is 2.33. The second-order valence-corrected chi connectivity index (χ2v) is 6.59. The Bertz CT molecular complexity index is 792. The molecule has 1 atom stereocenters. The molecule has 0 spiro atoms. The van der Waals surface area contributed by atoms with Crippen molar-refractivity contribution < 1.29 is 18.0 Å². The van der Waals surface area contributed by atoms with Crippen LogP contribution in [0.3, 0.4) is 0 Å². The van der Waals surface area contributed by atoms with Gasteiger partial charge in [-0.15, -0.1) is 0 Å². The van der Waals surface area contributed by atoms with Gasteiger partial charge in [-0.1, -0.05) is 19.1 Å². The molecule has 2 aromatic rings. The molecule has 1 saturated heterocycles. The highest BCUT2D eigenvalue weighted by atomic mass is 19.4. The summed E-state index contributed by atoms with van der Waals surface area (Å²) in [6.07, 6.45) is -0.806. The first-order valence-electron chi connectivity index (χ1n) is 8.53. The van der Waals surface area contributed by atoms with Crippen molar-refractivity contribution in [3.05, 3.63) is 53.7 Å². The molecular weight excluding hydrogens is 343 g/mol. The Morgan fingerprint density at radius 2 is 2.04 bits per heavy atom. The normalized spacial score (nSPS) is 17.8. The Labute approximate surface area is 150 Å². The number of benzene rings is 1. The molecule has 0 radical (unpaired) electrons. The molecule has 1 amide bonds. The summed E-state index contributed by atoms with van der Waals surface area (Å²) >= 11 is 0. The number of para-hydroxylation sites is 1. The van der Waals surface area contributed by atoms with Crippen molar-refractivity contribution >= 4 is 17.4 Å². The topological polar surface area (TPSA) is 45.2 Å². The highest BCUT2D eigenvalue weighted by Crippen LogP contribution is 2.34. The first kappa shape index (κ1) is 18.2. The van der Waals surface area contributed by atoms with Crippen LogP contribution in [0.15, 0.2) is 42.6 Å². The number of hydrogen-bond donors (Lipinski definition) is 1. The lowest BCUT2D eigenvalue weighted by Crippen LogP contribution is -2.34. The van der Waals surface area contributed by atoms with Crippen LogP contribution in [-0.4, -0.2) is 24.0 Å². The van der Waals surface area contributed by atoms with E-state index in [2.05, 4.69) is 22.1 Å². The van der Waals surface area contributed by atoms with E-state index in [4.69, 9.17) is 0 Å². The number of carbonyl (C=O) groups is 1. The Kier molecular flexibility index (Phi) is 5.15. The number of aromatic nitrogens is 1. The molecule has 1 aromatic carbocycles. The molecule has 138 valence electrons. The number of amides is 1. The van der Waals surface area contributed by atoms with Gasteiger partial charge in [0.25, 0.3) is 5.91 Å². The second-order valence-electron chi connectivity index (χ2n) is 6.59. The Balaban J connectivity index is 1.80. The predicted molar refractivity (Wildman–Crippen MR) is 94.2 cm³/mol. The SMILES string of the molecule is CC1CCCN(c2cc(C(=O)Nc3ccccc3C(F)(F)F)ccn2)C1. The van der Waals surface area contributed by atoms with Gasteiger partial charge >= 0.3 is 6.18 Å². The van der Waals surface area contributed by atoms with E-state index in [0.29, 0.717) is 11.7 Å². The molecule has 3 rings (SSSR count). The number of nitrogens with zero attached hydrogens (tertiary/aromatic N) is 2. The van der Waals surface area contributed by atoms with Crippen LogP contribution in [0.4, 0.5) is 24.7 Å². The Hall–Kier alpha value is -2.57. The number of hydrogen-bond acceptors (Lipinski definition) is 3. The van der Waals surface area contributed by atoms with E-state index in [1.807, 2.05) is 0 Å². The van der Waals surface area contributed by atoms with Gasteiger partial charge in [0, 0.05) is 24.8 Å². The van der Waals surface area contributed by atoms with Crippen molar-refractivity contribution in [3.63, 3.8) is 0 Å². The largest absolute Gasteiger partial charge is 0.418 e. The molecule has 7 heteroatoms. The number of rotatable bonds is 3. The van der Waals surface area contributed by atoms with E-state index in [1.54, 1.807) is 6.07 Å². The molecule has 1 N–H and O–H groups in total. The molecular formula is C19H20F3N3O. The minimum atomic E-state index is -4.53. The minimum Gasteiger partial charge on any atom is -0.356 e. The zero-order chi connectivity index (χ0) is 18.7. The van der Waals surface area contributed by atoms with E-state index < -0.39 is 17.6 Å². The number of anilines is 2. The van der Waals surface area contributed by atoms with Crippen molar-refractivity contribution in [3.8, 4) is 0 Å². The summed E-state index contributed by atoms with van der Waals surface area (Å²) in [5.41, 5.74) is -0.840. The third kappa shape index (κ3) is 4.15. The van der Waals surface area contributed by atoms with E-state index in [0.717, 1.165) is 32.0 Å². The number of piperidine rings is 1. The molecule has 0 saturated carbocycles. The maximum atomic E-state index is 13.1. The fourth-order valence-electron chi connectivity index (χ4n) is 3.16. The molecule has 0 bridgehead atoms. The Morgan fingerprint density at radius 3 is 2.77 bits per heavy atom. The first-order chi connectivity index (χ1) is 12.3. The number of carbonyl (C=O) groups excluding carboxylic acids is 1. The average Bonchev–Trinajstić information content (AvgIpc) is 2.61. The molecule has 1 unspecified atom stereocenters. The monoisotopic (exact) mass is 363 g/mol. The van der Waals surface area contributed by atoms with Gasteiger partial charge in [0.15, 0.2) is 0 Å². The number of pyridine rings is 1. The Morgan fingerprint density at radius 1 is 1.27 bits per heavy atom. The smallest absolute Gasteiger partial charge is 0.356 e. The van der Waals surface area contributed by atoms with Gasteiger partial charge in [-0.2, -0.15) is 13.2 Å². The average molecular weight is 363 g/mol. The predicted octanol–water partition coefficient (Wildman–Crippen LogP) is 4.59. The second kappa shape index (κ2) is 7.35. The summed E-state index contributed by atoms with van der Waals surface area (Å²) in [7, 11) is 0. The summed E-state index contributed by atoms with van der Waals surface area (Å²) in [4.78, 5) is 18.9. The van der Waals surface area contributed by atoms with E-state index in [9.17, 15) is 18.0 Å². The summed E-state index contributed by atoms with van der Waals surface area (Å²) in [6.45, 7) is 3.88. The summed E-state index contributed by atoms with van der Waals surface area (Å²) in [5, 5.41) is 2.37. The molecule has 26 heavy (non-hydrogen) atoms. The maximum Gasteiger partial charge on any atom is 0.418 e. The minimum absolute atomic E-state index is 0.255. The van der Waals surface area contributed by atoms with Gasteiger partial charge in [0.1, 0.15) is 5.82 Å². The van der Waals surface area contributed by atoms with Gasteiger partial charge in [-0.3, -0.25) is 4.79 Å². The molecule has 2 heterocycles. The van der Waals surface area contributed by atoms with Gasteiger partial charge in [-0.25, -0.2) is 4.98 Å². The molecule has 1 aliphatic heterocycles. The number of nitrogens with one attached hydrogen (secondary N) is 1. The fourth-order valence-corrected chi connectivity index (χ4v) is 3.16. The number of alkyl halides is 3. The number of halogens is 3. The zero-order valence-corrected chi connectivity index (χ0v) is 14.4. The van der Waals surface area contributed by atoms with Crippen LogP contribution in [-0.2, 0) is 6.18 Å². The van der Waals surface area contributed by atoms with Crippen LogP contribution in [0.25, 0.3) is 0 Å². The third-order valence-electron chi connectivity index (χ3n) is 4.47. The van der Waals surface area contributed by atoms with Crippen molar-refractivity contribution in [1.29, 1.82) is 0 Å². The van der Waals surface area contributed by atoms with E-state index in [1.165, 1.54) is 30.5 Å². The standard InChI is InChI=1S/C19H20F3N3O/c1-13-5-4-10-25(12-13)17-11-14(8-9-23-17)18(26)24-16-7-3-2-6-15(16)19(20,21)22/h2-3,6-9,11,13H,4-5,10,12H2,1H3,(H,24,26). The molecule has 0 aliphatic carbocycles. The van der Waals surface area contributed by atoms with Crippen molar-refractivity contribution in [2.24, 2.45) is 5.92 Å². The molecule has 1 aromatic heterocycles. The van der Waals surface area contributed by atoms with Gasteiger partial charge in [-0.05, 0) is 43.0 Å². The summed E-state index contributed by atoms with van der Waals surface area (Å²) in [6, 6.07) is 8.07. The highest BCUT2D eigenvalue weighted by molar-refractivity contribution is 6.05. The van der Waals surface area contributed by atoms with Crippen LogP contribution in [0, 0.1) is 5.92 Å². The van der Waals surface area contributed by atoms with E-state index in [-0.39, 0.29) is 11.3 Å². The zero-order valence-electron chi connectivity index (χ0n) is 14.4. The maximum absolute atomic E-state index is 13.1. The van der Waals surface area contributed by atoms with Crippen molar-refractivity contribution in [1.82, 2.24) is 4.98 Å².